The predicted octanol–water partition coefficient (Wildman–Crippen LogP) is 6.14. The van der Waals surface area contributed by atoms with Gasteiger partial charge < -0.3 is 25.0 Å². The number of hydrogen-bond acceptors (Lipinski definition) is 7. The van der Waals surface area contributed by atoms with Crippen LogP contribution in [-0.2, 0) is 0 Å². The second kappa shape index (κ2) is 10.5. The maximum absolute atomic E-state index is 16.9. The number of phenolic OH excluding ortho intramolecular Hbond substituents is 1. The number of benzene rings is 3. The molecule has 9 rings (SSSR count). The zero-order valence-electron chi connectivity index (χ0n) is 26.1. The maximum Gasteiger partial charge on any atom is 0.319 e. The maximum atomic E-state index is 16.9. The Morgan fingerprint density at radius 2 is 1.79 bits per heavy atom. The minimum absolute atomic E-state index is 0.0235. The van der Waals surface area contributed by atoms with Crippen molar-refractivity contribution >= 4 is 27.5 Å². The first kappa shape index (κ1) is 29.1. The van der Waals surface area contributed by atoms with Gasteiger partial charge in [0.05, 0.1) is 17.7 Å². The molecule has 3 aliphatic heterocycles. The number of fused-ring (bicyclic) bond motifs is 4. The summed E-state index contributed by atoms with van der Waals surface area (Å²) < 4.78 is 54.3. The predicted molar refractivity (Wildman–Crippen MR) is 174 cm³/mol. The van der Waals surface area contributed by atoms with Gasteiger partial charge in [-0.2, -0.15) is 9.97 Å². The molecule has 2 unspecified atom stereocenters. The topological polar surface area (TPSA) is 73.8 Å². The second-order valence-electron chi connectivity index (χ2n) is 14.7. The first-order chi connectivity index (χ1) is 22.7. The fourth-order valence-corrected chi connectivity index (χ4v) is 8.41. The summed E-state index contributed by atoms with van der Waals surface area (Å²) >= 11 is 0. The molecule has 3 saturated heterocycles. The molecule has 2 atom stereocenters. The van der Waals surface area contributed by atoms with Gasteiger partial charge in [-0.15, -0.1) is 6.42 Å². The first-order valence-electron chi connectivity index (χ1n) is 16.7. The molecule has 1 aromatic heterocycles. The number of ether oxygens (including phenoxy) is 1. The average Bonchev–Trinajstić information content (AvgIpc) is 3.93. The standard InChI is InChI=1S/C37H36F3N5O2/c1-2-25-28(38)6-3-21-13-24(46)14-26(30(21)25)31-29(39)15-27-33(32(31)40)42-35(43-34(27)45-16-22-4-5-23(17-45)41-22)47-20-37(9-10-37)19-44-12-11-36(18-44)7-8-36/h1,3,6,13-15,22-23,41,46H,4-5,7-12,16-20H2. The lowest BCUT2D eigenvalue weighted by molar-refractivity contribution is 0.167. The number of phenols is 1. The van der Waals surface area contributed by atoms with Crippen LogP contribution in [0, 0.1) is 40.6 Å². The molecular formula is C37H36F3N5O2. The number of aromatic nitrogens is 2. The van der Waals surface area contributed by atoms with E-state index in [0.717, 1.165) is 45.3 Å². The van der Waals surface area contributed by atoms with Gasteiger partial charge in [-0.1, -0.05) is 12.0 Å². The van der Waals surface area contributed by atoms with Crippen LogP contribution in [0.15, 0.2) is 30.3 Å². The zero-order chi connectivity index (χ0) is 32.1. The fourth-order valence-electron chi connectivity index (χ4n) is 8.41. The van der Waals surface area contributed by atoms with Crippen molar-refractivity contribution in [1.82, 2.24) is 20.2 Å². The molecule has 0 amide bonds. The van der Waals surface area contributed by atoms with Gasteiger partial charge in [-0.3, -0.25) is 0 Å². The van der Waals surface area contributed by atoms with Gasteiger partial charge in [0.25, 0.3) is 0 Å². The monoisotopic (exact) mass is 639 g/mol. The SMILES string of the molecule is C#Cc1c(F)ccc2cc(O)cc(-c3c(F)cc4c(N5CC6CCC(C5)N6)nc(OCC5(CN6CCC7(CC7)C6)CC5)nc4c3F)c12. The van der Waals surface area contributed by atoms with E-state index in [4.69, 9.17) is 16.1 Å². The molecule has 3 aromatic carbocycles. The minimum Gasteiger partial charge on any atom is -0.508 e. The Balaban J connectivity index is 1.14. The Labute approximate surface area is 271 Å². The van der Waals surface area contributed by atoms with Crippen LogP contribution in [-0.4, -0.2) is 71.4 Å². The van der Waals surface area contributed by atoms with Crippen molar-refractivity contribution in [2.75, 3.05) is 44.2 Å². The average molecular weight is 640 g/mol. The first-order valence-corrected chi connectivity index (χ1v) is 16.7. The van der Waals surface area contributed by atoms with E-state index in [1.165, 1.54) is 49.6 Å². The largest absolute Gasteiger partial charge is 0.508 e. The quantitative estimate of drug-likeness (QED) is 0.236. The van der Waals surface area contributed by atoms with Gasteiger partial charge >= 0.3 is 6.01 Å². The Bertz CT molecular complexity index is 1990. The highest BCUT2D eigenvalue weighted by atomic mass is 19.1. The van der Waals surface area contributed by atoms with E-state index in [9.17, 15) is 9.50 Å². The highest BCUT2D eigenvalue weighted by Crippen LogP contribution is 2.55. The lowest BCUT2D eigenvalue weighted by atomic mass is 9.92. The number of piperazine rings is 1. The van der Waals surface area contributed by atoms with Crippen LogP contribution in [0.3, 0.4) is 0 Å². The van der Waals surface area contributed by atoms with E-state index < -0.39 is 23.0 Å². The van der Waals surface area contributed by atoms with Crippen molar-refractivity contribution in [1.29, 1.82) is 0 Å². The van der Waals surface area contributed by atoms with Gasteiger partial charge in [0.2, 0.25) is 0 Å². The Morgan fingerprint density at radius 3 is 2.49 bits per heavy atom. The highest BCUT2D eigenvalue weighted by Gasteiger charge is 2.51. The molecule has 242 valence electrons. The summed E-state index contributed by atoms with van der Waals surface area (Å²) in [6.45, 7) is 4.97. The van der Waals surface area contributed by atoms with Gasteiger partial charge in [0, 0.05) is 60.0 Å². The molecule has 2 N–H and O–H groups in total. The summed E-state index contributed by atoms with van der Waals surface area (Å²) in [5.74, 6) is -0.000607. The van der Waals surface area contributed by atoms with E-state index in [1.807, 2.05) is 0 Å². The number of aromatic hydroxyl groups is 1. The molecule has 5 fully saturated rings. The van der Waals surface area contributed by atoms with Gasteiger partial charge in [0.1, 0.15) is 28.7 Å². The third kappa shape index (κ3) is 4.97. The molecule has 2 saturated carbocycles. The van der Waals surface area contributed by atoms with E-state index >= 15 is 8.78 Å². The number of likely N-dealkylation sites (tertiary alicyclic amines) is 1. The van der Waals surface area contributed by atoms with Crippen molar-refractivity contribution < 1.29 is 23.0 Å². The lowest BCUT2D eigenvalue weighted by Crippen LogP contribution is -2.51. The lowest BCUT2D eigenvalue weighted by Gasteiger charge is -2.34. The molecule has 5 aliphatic rings. The number of nitrogens with one attached hydrogen (secondary N) is 1. The van der Waals surface area contributed by atoms with Crippen molar-refractivity contribution in [3.05, 3.63) is 53.3 Å². The van der Waals surface area contributed by atoms with E-state index in [1.54, 1.807) is 0 Å². The number of terminal acetylenes is 1. The summed E-state index contributed by atoms with van der Waals surface area (Å²) in [6, 6.07) is 7.03. The normalized spacial score (nSPS) is 23.9. The molecular weight excluding hydrogens is 603 g/mol. The third-order valence-electron chi connectivity index (χ3n) is 11.3. The summed E-state index contributed by atoms with van der Waals surface area (Å²) in [7, 11) is 0. The van der Waals surface area contributed by atoms with Gasteiger partial charge in [-0.25, -0.2) is 13.2 Å². The smallest absolute Gasteiger partial charge is 0.319 e. The van der Waals surface area contributed by atoms with Crippen molar-refractivity contribution in [2.45, 2.75) is 57.0 Å². The van der Waals surface area contributed by atoms with E-state index in [-0.39, 0.29) is 56.7 Å². The molecule has 4 aromatic rings. The highest BCUT2D eigenvalue weighted by molar-refractivity contribution is 6.04. The van der Waals surface area contributed by atoms with Crippen LogP contribution in [0.2, 0.25) is 0 Å². The van der Waals surface area contributed by atoms with Gasteiger partial charge in [-0.05, 0) is 86.6 Å². The van der Waals surface area contributed by atoms with Crippen molar-refractivity contribution in [3.8, 4) is 35.2 Å². The Hall–Kier alpha value is -4.07. The molecule has 7 nitrogen and oxygen atoms in total. The van der Waals surface area contributed by atoms with Crippen molar-refractivity contribution in [3.63, 3.8) is 0 Å². The van der Waals surface area contributed by atoms with Crippen LogP contribution in [0.5, 0.6) is 11.8 Å². The molecule has 47 heavy (non-hydrogen) atoms. The molecule has 1 spiro atoms. The Morgan fingerprint density at radius 1 is 1.00 bits per heavy atom. The summed E-state index contributed by atoms with van der Waals surface area (Å²) in [5, 5.41) is 14.9. The second-order valence-corrected chi connectivity index (χ2v) is 14.7. The summed E-state index contributed by atoms with van der Waals surface area (Å²) in [5.41, 5.74) is -0.159. The molecule has 2 aliphatic carbocycles. The molecule has 10 heteroatoms. The molecule has 2 bridgehead atoms. The fraction of sp³-hybridized carbons (Fsp3) is 0.459. The van der Waals surface area contributed by atoms with E-state index in [2.05, 4.69) is 26.0 Å². The number of anilines is 1. The zero-order valence-corrected chi connectivity index (χ0v) is 26.1. The third-order valence-corrected chi connectivity index (χ3v) is 11.3. The molecule has 0 radical (unpaired) electrons. The number of halogens is 3. The minimum atomic E-state index is -0.946. The van der Waals surface area contributed by atoms with Crippen LogP contribution >= 0.6 is 0 Å². The van der Waals surface area contributed by atoms with Crippen LogP contribution < -0.4 is 15.0 Å². The summed E-state index contributed by atoms with van der Waals surface area (Å²) in [4.78, 5) is 14.0. The number of nitrogens with zero attached hydrogens (tertiary/aromatic N) is 4. The summed E-state index contributed by atoms with van der Waals surface area (Å²) in [6.07, 6.45) is 13.8. The van der Waals surface area contributed by atoms with Crippen molar-refractivity contribution in [2.24, 2.45) is 10.8 Å². The number of rotatable bonds is 7. The molecule has 4 heterocycles. The van der Waals surface area contributed by atoms with Crippen LogP contribution in [0.25, 0.3) is 32.8 Å². The van der Waals surface area contributed by atoms with E-state index in [0.29, 0.717) is 36.3 Å². The Kier molecular flexibility index (Phi) is 6.48. The van der Waals surface area contributed by atoms with Crippen LogP contribution in [0.4, 0.5) is 19.0 Å². The van der Waals surface area contributed by atoms with Gasteiger partial charge in [0.15, 0.2) is 5.82 Å². The van der Waals surface area contributed by atoms with Crippen LogP contribution in [0.1, 0.15) is 50.5 Å². The number of hydrogen-bond donors (Lipinski definition) is 2.